The number of aryl methyl sites for hydroxylation is 1. The molecule has 260 valence electrons. The summed E-state index contributed by atoms with van der Waals surface area (Å²) in [4.78, 5) is 38.0. The number of aromatic hydroxyl groups is 1. The van der Waals surface area contributed by atoms with Gasteiger partial charge in [-0.2, -0.15) is 0 Å². The first-order valence-electron chi connectivity index (χ1n) is 17.1. The molecule has 46 heavy (non-hydrogen) atoms. The van der Waals surface area contributed by atoms with Crippen molar-refractivity contribution in [1.29, 1.82) is 0 Å². The van der Waals surface area contributed by atoms with E-state index in [2.05, 4.69) is 19.2 Å². The van der Waals surface area contributed by atoms with E-state index < -0.39 is 41.0 Å². The second-order valence-corrected chi connectivity index (χ2v) is 14.1. The highest BCUT2D eigenvalue weighted by atomic mass is 16.6. The van der Waals surface area contributed by atoms with Crippen LogP contribution in [0.5, 0.6) is 5.75 Å². The van der Waals surface area contributed by atoms with Gasteiger partial charge in [-0.1, -0.05) is 41.5 Å². The Balaban J connectivity index is 1.75. The number of carbonyl (C=O) groups is 3. The Morgan fingerprint density at radius 3 is 2.30 bits per heavy atom. The molecule has 10 atom stereocenters. The first-order valence-corrected chi connectivity index (χ1v) is 17.1. The molecule has 2 fully saturated rings. The molecule has 0 aromatic heterocycles. The van der Waals surface area contributed by atoms with Crippen LogP contribution in [-0.4, -0.2) is 73.7 Å². The summed E-state index contributed by atoms with van der Waals surface area (Å²) < 4.78 is 13.3. The number of ketones is 1. The molecule has 10 heteroatoms. The van der Waals surface area contributed by atoms with E-state index in [0.29, 0.717) is 43.4 Å². The molecule has 1 aromatic carbocycles. The van der Waals surface area contributed by atoms with Gasteiger partial charge < -0.3 is 35.2 Å². The molecular weight excluding hydrogens is 590 g/mol. The average molecular weight is 648 g/mol. The van der Waals surface area contributed by atoms with Crippen molar-refractivity contribution in [3.8, 4) is 5.75 Å². The van der Waals surface area contributed by atoms with E-state index in [1.807, 2.05) is 27.7 Å². The Bertz CT molecular complexity index is 1270. The summed E-state index contributed by atoms with van der Waals surface area (Å²) in [7, 11) is 0. The number of anilines is 1. The lowest BCUT2D eigenvalue weighted by atomic mass is 9.76. The number of nitrogens with one attached hydrogen (secondary N) is 1. The number of aromatic carboxylic acids is 1. The van der Waals surface area contributed by atoms with Crippen molar-refractivity contribution in [2.24, 2.45) is 23.7 Å². The van der Waals surface area contributed by atoms with Crippen LogP contribution in [0.3, 0.4) is 0 Å². The maximum atomic E-state index is 14.0. The zero-order valence-electron chi connectivity index (χ0n) is 29.2. The lowest BCUT2D eigenvalue weighted by molar-refractivity contribution is -0.229. The molecule has 0 bridgehead atoms. The van der Waals surface area contributed by atoms with Crippen molar-refractivity contribution in [2.45, 2.75) is 149 Å². The molecule has 0 unspecified atom stereocenters. The Morgan fingerprint density at radius 2 is 1.78 bits per heavy atom. The molecular formula is C36H57NO9. The summed E-state index contributed by atoms with van der Waals surface area (Å²) in [5.74, 6) is -3.53. The minimum absolute atomic E-state index is 0.0676. The highest BCUT2D eigenvalue weighted by Gasteiger charge is 2.55. The number of phenols is 1. The van der Waals surface area contributed by atoms with Gasteiger partial charge in [0.05, 0.1) is 35.6 Å². The predicted octanol–water partition coefficient (Wildman–Crippen LogP) is 5.80. The van der Waals surface area contributed by atoms with Gasteiger partial charge in [-0.25, -0.2) is 4.79 Å². The standard InChI is InChI=1S/C36H57NO9/c1-10-25(33-21(6)18-36(12-3,46-33)28-15-16-35(44,11-2)23(8)45-28)32(41)22(7)30(39)19(4)13-14-26-27(37-24(9)38)17-20(5)31(40)29(26)34(42)43/h17,19,21-23,25,28,30,33,39-40,44H,10-16,18H2,1-9H3,(H,37,38)(H,42,43)/t19-,21+,22+,23+,25+,28-,30+,33+,35-,36+/m1/s1. The van der Waals surface area contributed by atoms with Gasteiger partial charge in [-0.15, -0.1) is 0 Å². The lowest BCUT2D eigenvalue weighted by Gasteiger charge is -2.47. The maximum Gasteiger partial charge on any atom is 0.339 e. The Hall–Kier alpha value is -2.53. The first-order chi connectivity index (χ1) is 21.5. The smallest absolute Gasteiger partial charge is 0.339 e. The maximum absolute atomic E-state index is 14.0. The normalized spacial score (nSPS) is 30.8. The molecule has 5 N–H and O–H groups in total. The molecule has 1 amide bonds. The molecule has 1 aromatic rings. The van der Waals surface area contributed by atoms with Crippen molar-refractivity contribution in [1.82, 2.24) is 0 Å². The molecule has 2 aliphatic rings. The van der Waals surface area contributed by atoms with E-state index in [0.717, 1.165) is 12.8 Å². The third-order valence-electron chi connectivity index (χ3n) is 11.1. The zero-order valence-corrected chi connectivity index (χ0v) is 29.2. The highest BCUT2D eigenvalue weighted by Crippen LogP contribution is 2.48. The number of amides is 1. The summed E-state index contributed by atoms with van der Waals surface area (Å²) in [6.07, 6.45) is 2.63. The Morgan fingerprint density at radius 1 is 1.13 bits per heavy atom. The lowest BCUT2D eigenvalue weighted by Crippen LogP contribution is -2.55. The number of carbonyl (C=O) groups excluding carboxylic acids is 2. The fourth-order valence-electron chi connectivity index (χ4n) is 7.89. The number of hydrogen-bond acceptors (Lipinski definition) is 8. The number of aliphatic hydroxyl groups excluding tert-OH is 1. The Labute approximate surface area is 274 Å². The topological polar surface area (TPSA) is 163 Å². The minimum atomic E-state index is -1.31. The molecule has 0 spiro atoms. The number of ether oxygens (including phenoxy) is 2. The van der Waals surface area contributed by atoms with E-state index in [4.69, 9.17) is 9.47 Å². The van der Waals surface area contributed by atoms with Gasteiger partial charge in [-0.3, -0.25) is 9.59 Å². The van der Waals surface area contributed by atoms with Crippen molar-refractivity contribution in [3.05, 3.63) is 22.8 Å². The van der Waals surface area contributed by atoms with Crippen LogP contribution in [-0.2, 0) is 25.5 Å². The van der Waals surface area contributed by atoms with Crippen LogP contribution < -0.4 is 5.32 Å². The monoisotopic (exact) mass is 647 g/mol. The van der Waals surface area contributed by atoms with Crippen molar-refractivity contribution < 1.29 is 44.3 Å². The number of hydrogen-bond donors (Lipinski definition) is 5. The minimum Gasteiger partial charge on any atom is -0.507 e. The van der Waals surface area contributed by atoms with Gasteiger partial charge in [0, 0.05) is 24.4 Å². The number of carboxylic acid groups (broad SMARTS) is 1. The van der Waals surface area contributed by atoms with E-state index in [-0.39, 0.29) is 59.2 Å². The van der Waals surface area contributed by atoms with Crippen LogP contribution >= 0.6 is 0 Å². The number of carboxylic acids is 1. The van der Waals surface area contributed by atoms with Crippen LogP contribution in [0, 0.1) is 30.6 Å². The third kappa shape index (κ3) is 7.61. The van der Waals surface area contributed by atoms with Gasteiger partial charge in [0.1, 0.15) is 17.1 Å². The van der Waals surface area contributed by atoms with Gasteiger partial charge in [-0.05, 0) is 94.2 Å². The van der Waals surface area contributed by atoms with E-state index in [1.54, 1.807) is 19.9 Å². The van der Waals surface area contributed by atoms with Crippen LogP contribution in [0.1, 0.15) is 122 Å². The third-order valence-corrected chi connectivity index (χ3v) is 11.1. The van der Waals surface area contributed by atoms with E-state index in [9.17, 15) is 34.8 Å². The van der Waals surface area contributed by atoms with Gasteiger partial charge in [0.25, 0.3) is 0 Å². The van der Waals surface area contributed by atoms with E-state index >= 15 is 0 Å². The summed E-state index contributed by atoms with van der Waals surface area (Å²) in [6, 6.07) is 1.54. The summed E-state index contributed by atoms with van der Waals surface area (Å²) in [6.45, 7) is 16.5. The van der Waals surface area contributed by atoms with Crippen LogP contribution in [0.15, 0.2) is 6.07 Å². The SMILES string of the molecule is CC[C@@H](C(=O)[C@@H](C)[C@@H](O)[C@H](C)CCc1c(NC(C)=O)cc(C)c(O)c1C(=O)O)[C@H]1O[C@](CC)([C@H]2CC[C@](O)(CC)[C@H](C)O2)C[C@@H]1C. The molecule has 0 aliphatic carbocycles. The molecule has 0 saturated carbocycles. The van der Waals surface area contributed by atoms with Crippen molar-refractivity contribution in [3.63, 3.8) is 0 Å². The molecule has 2 aliphatic heterocycles. The fraction of sp³-hybridized carbons (Fsp3) is 0.750. The van der Waals surface area contributed by atoms with Crippen molar-refractivity contribution in [2.75, 3.05) is 5.32 Å². The number of Topliss-reactive ketones (excluding diaryl/α,β-unsaturated/α-hetero) is 1. The van der Waals surface area contributed by atoms with Crippen LogP contribution in [0.25, 0.3) is 0 Å². The fourth-order valence-corrected chi connectivity index (χ4v) is 7.89. The summed E-state index contributed by atoms with van der Waals surface area (Å²) in [5.41, 5.74) is -0.771. The van der Waals surface area contributed by atoms with E-state index in [1.165, 1.54) is 6.92 Å². The van der Waals surface area contributed by atoms with Crippen LogP contribution in [0.2, 0.25) is 0 Å². The largest absolute Gasteiger partial charge is 0.507 e. The second-order valence-electron chi connectivity index (χ2n) is 14.1. The quantitative estimate of drug-likeness (QED) is 0.157. The number of benzene rings is 1. The van der Waals surface area contributed by atoms with Gasteiger partial charge in [0.2, 0.25) is 5.91 Å². The first kappa shape index (κ1) is 37.9. The molecule has 2 saturated heterocycles. The molecule has 2 heterocycles. The van der Waals surface area contributed by atoms with Gasteiger partial charge in [0.15, 0.2) is 0 Å². The van der Waals surface area contributed by atoms with Crippen molar-refractivity contribution >= 4 is 23.3 Å². The average Bonchev–Trinajstić information content (AvgIpc) is 3.35. The summed E-state index contributed by atoms with van der Waals surface area (Å²) >= 11 is 0. The predicted molar refractivity (Wildman–Crippen MR) is 176 cm³/mol. The number of aliphatic hydroxyl groups is 2. The zero-order chi connectivity index (χ0) is 34.7. The molecule has 0 radical (unpaired) electrons. The van der Waals surface area contributed by atoms with Crippen LogP contribution in [0.4, 0.5) is 5.69 Å². The number of rotatable bonds is 14. The molecule has 10 nitrogen and oxygen atoms in total. The van der Waals surface area contributed by atoms with Gasteiger partial charge >= 0.3 is 5.97 Å². The highest BCUT2D eigenvalue weighted by molar-refractivity contribution is 5.98. The summed E-state index contributed by atoms with van der Waals surface area (Å²) in [5, 5.41) is 45.4. The molecule has 3 rings (SSSR count). The Kier molecular flexibility index (Phi) is 12.5. The second kappa shape index (κ2) is 15.1.